The highest BCUT2D eigenvalue weighted by molar-refractivity contribution is 5.84. The molecule has 2 saturated heterocycles. The number of hydrogen-bond acceptors (Lipinski definition) is 5. The zero-order chi connectivity index (χ0) is 23.2. The van der Waals surface area contributed by atoms with Crippen LogP contribution in [0.15, 0.2) is 42.9 Å². The SMILES string of the molecule is Cn1ccnc1CN1C[C@H]2COC[C@@H]1CN(C(=O)CCc1c[nH]c3ccccc13)C2.O=CO. The third-order valence-corrected chi connectivity index (χ3v) is 6.48. The minimum absolute atomic E-state index is 0.214. The van der Waals surface area contributed by atoms with Gasteiger partial charge in [0.25, 0.3) is 6.47 Å². The summed E-state index contributed by atoms with van der Waals surface area (Å²) < 4.78 is 7.99. The molecule has 33 heavy (non-hydrogen) atoms. The summed E-state index contributed by atoms with van der Waals surface area (Å²) in [5.74, 6) is 1.64. The maximum absolute atomic E-state index is 13.1. The molecule has 0 radical (unpaired) electrons. The molecule has 3 aromatic rings. The van der Waals surface area contributed by atoms with Crippen molar-refractivity contribution in [3.8, 4) is 0 Å². The molecule has 2 fully saturated rings. The molecule has 5 rings (SSSR count). The second-order valence-electron chi connectivity index (χ2n) is 8.70. The van der Waals surface area contributed by atoms with E-state index in [1.807, 2.05) is 37.8 Å². The minimum Gasteiger partial charge on any atom is -0.483 e. The van der Waals surface area contributed by atoms with Crippen molar-refractivity contribution in [1.82, 2.24) is 24.3 Å². The first-order valence-electron chi connectivity index (χ1n) is 11.3. The van der Waals surface area contributed by atoms with E-state index in [0.29, 0.717) is 18.9 Å². The van der Waals surface area contributed by atoms with E-state index < -0.39 is 0 Å². The number of benzene rings is 1. The molecule has 0 saturated carbocycles. The molecule has 2 aliphatic heterocycles. The number of aromatic nitrogens is 3. The summed E-state index contributed by atoms with van der Waals surface area (Å²) in [6, 6.07) is 8.49. The van der Waals surface area contributed by atoms with E-state index in [1.165, 1.54) is 10.9 Å². The van der Waals surface area contributed by atoms with E-state index in [1.54, 1.807) is 0 Å². The third kappa shape index (κ3) is 5.43. The standard InChI is InChI=1S/C23H29N5O2.CH2O2/c1-26-9-8-24-22(26)14-27-11-17-12-28(13-19(27)16-30-15-17)23(29)7-6-18-10-25-21-5-3-2-4-20(18)21;2-1-3/h2-5,8-10,17,19,25H,6-7,11-16H2,1H3;1H,(H,2,3)/t17-,19+;/m1./s1. The first kappa shape index (κ1) is 23.0. The topological polar surface area (TPSA) is 104 Å². The Morgan fingerprint density at radius 3 is 2.88 bits per heavy atom. The van der Waals surface area contributed by atoms with Gasteiger partial charge in [0, 0.05) is 68.5 Å². The number of nitrogens with zero attached hydrogens (tertiary/aromatic N) is 4. The van der Waals surface area contributed by atoms with E-state index in [2.05, 4.69) is 36.5 Å². The molecule has 176 valence electrons. The van der Waals surface area contributed by atoms with Gasteiger partial charge >= 0.3 is 0 Å². The summed E-state index contributed by atoms with van der Waals surface area (Å²) in [6.45, 7) is 4.40. The Morgan fingerprint density at radius 2 is 2.09 bits per heavy atom. The molecule has 2 aliphatic rings. The summed E-state index contributed by atoms with van der Waals surface area (Å²) in [5, 5.41) is 8.10. The van der Waals surface area contributed by atoms with Crippen molar-refractivity contribution in [2.24, 2.45) is 13.0 Å². The van der Waals surface area contributed by atoms with Gasteiger partial charge in [0.05, 0.1) is 25.8 Å². The van der Waals surface area contributed by atoms with Gasteiger partial charge in [-0.25, -0.2) is 4.98 Å². The fourth-order valence-electron chi connectivity index (χ4n) is 4.79. The van der Waals surface area contributed by atoms with Crippen LogP contribution in [-0.2, 0) is 34.3 Å². The number of imidazole rings is 1. The number of ether oxygens (including phenoxy) is 1. The van der Waals surface area contributed by atoms with Crippen molar-refractivity contribution in [3.05, 3.63) is 54.2 Å². The number of nitrogens with one attached hydrogen (secondary N) is 1. The molecule has 1 aromatic carbocycles. The molecular formula is C24H31N5O4. The van der Waals surface area contributed by atoms with Crippen molar-refractivity contribution < 1.29 is 19.4 Å². The number of hydrogen-bond donors (Lipinski definition) is 2. The van der Waals surface area contributed by atoms with Gasteiger partial charge in [-0.1, -0.05) is 18.2 Å². The molecule has 0 spiro atoms. The van der Waals surface area contributed by atoms with Gasteiger partial charge in [0.15, 0.2) is 0 Å². The summed E-state index contributed by atoms with van der Waals surface area (Å²) >= 11 is 0. The van der Waals surface area contributed by atoms with Crippen LogP contribution in [0.3, 0.4) is 0 Å². The summed E-state index contributed by atoms with van der Waals surface area (Å²) in [6.07, 6.45) is 7.17. The monoisotopic (exact) mass is 453 g/mol. The predicted molar refractivity (Wildman–Crippen MR) is 124 cm³/mol. The Labute approximate surface area is 193 Å². The number of H-pyrrole nitrogens is 1. The molecule has 2 atom stereocenters. The summed E-state index contributed by atoms with van der Waals surface area (Å²) in [5.41, 5.74) is 2.35. The van der Waals surface area contributed by atoms with E-state index in [9.17, 15) is 4.79 Å². The van der Waals surface area contributed by atoms with E-state index in [-0.39, 0.29) is 18.4 Å². The molecular weight excluding hydrogens is 422 g/mol. The van der Waals surface area contributed by atoms with Crippen LogP contribution in [0.2, 0.25) is 0 Å². The lowest BCUT2D eigenvalue weighted by Crippen LogP contribution is -2.45. The van der Waals surface area contributed by atoms with Crippen LogP contribution in [0, 0.1) is 5.92 Å². The number of fused-ring (bicyclic) bond motifs is 4. The normalized spacial score (nSPS) is 20.7. The van der Waals surface area contributed by atoms with Gasteiger partial charge in [0.1, 0.15) is 5.82 Å². The fraction of sp³-hybridized carbons (Fsp3) is 0.458. The van der Waals surface area contributed by atoms with E-state index in [0.717, 1.165) is 50.5 Å². The highest BCUT2D eigenvalue weighted by Crippen LogP contribution is 2.23. The number of amides is 1. The molecule has 2 aromatic heterocycles. The van der Waals surface area contributed by atoms with E-state index >= 15 is 0 Å². The van der Waals surface area contributed by atoms with Crippen molar-refractivity contribution in [3.63, 3.8) is 0 Å². The lowest BCUT2D eigenvalue weighted by Gasteiger charge is -2.31. The molecule has 0 unspecified atom stereocenters. The first-order chi connectivity index (χ1) is 16.1. The Morgan fingerprint density at radius 1 is 1.27 bits per heavy atom. The van der Waals surface area contributed by atoms with Crippen LogP contribution in [0.4, 0.5) is 0 Å². The maximum atomic E-state index is 13.1. The van der Waals surface area contributed by atoms with Gasteiger partial charge in [0.2, 0.25) is 5.91 Å². The second kappa shape index (κ2) is 10.6. The van der Waals surface area contributed by atoms with Crippen LogP contribution in [-0.4, -0.2) is 80.7 Å². The van der Waals surface area contributed by atoms with Gasteiger partial charge in [-0.05, 0) is 18.1 Å². The van der Waals surface area contributed by atoms with Crippen LogP contribution < -0.4 is 0 Å². The molecule has 9 heteroatoms. The molecule has 4 heterocycles. The van der Waals surface area contributed by atoms with Crippen LogP contribution >= 0.6 is 0 Å². The second-order valence-corrected chi connectivity index (χ2v) is 8.70. The Hall–Kier alpha value is -3.17. The number of aromatic amines is 1. The summed E-state index contributed by atoms with van der Waals surface area (Å²) in [7, 11) is 2.03. The van der Waals surface area contributed by atoms with E-state index in [4.69, 9.17) is 14.6 Å². The number of carboxylic acid groups (broad SMARTS) is 1. The number of para-hydroxylation sites is 1. The minimum atomic E-state index is -0.250. The van der Waals surface area contributed by atoms with Gasteiger partial charge in [-0.2, -0.15) is 0 Å². The molecule has 9 nitrogen and oxygen atoms in total. The highest BCUT2D eigenvalue weighted by atomic mass is 16.5. The van der Waals surface area contributed by atoms with Gasteiger partial charge in [-0.15, -0.1) is 0 Å². The smallest absolute Gasteiger partial charge is 0.290 e. The van der Waals surface area contributed by atoms with Crippen LogP contribution in [0.1, 0.15) is 17.8 Å². The Balaban J connectivity index is 0.000000821. The Kier molecular flexibility index (Phi) is 7.41. The molecule has 2 N–H and O–H groups in total. The molecule has 2 bridgehead atoms. The molecule has 0 aliphatic carbocycles. The highest BCUT2D eigenvalue weighted by Gasteiger charge is 2.35. The third-order valence-electron chi connectivity index (χ3n) is 6.48. The number of rotatable bonds is 5. The van der Waals surface area contributed by atoms with Crippen LogP contribution in [0.25, 0.3) is 10.9 Å². The largest absolute Gasteiger partial charge is 0.483 e. The quantitative estimate of drug-likeness (QED) is 0.572. The van der Waals surface area contributed by atoms with Crippen molar-refractivity contribution in [2.75, 3.05) is 32.8 Å². The van der Waals surface area contributed by atoms with Crippen molar-refractivity contribution >= 4 is 23.3 Å². The maximum Gasteiger partial charge on any atom is 0.290 e. The Bertz CT molecular complexity index is 1080. The fourth-order valence-corrected chi connectivity index (χ4v) is 4.79. The lowest BCUT2D eigenvalue weighted by atomic mass is 10.1. The summed E-state index contributed by atoms with van der Waals surface area (Å²) in [4.78, 5) is 33.8. The average Bonchev–Trinajstić information content (AvgIpc) is 3.28. The van der Waals surface area contributed by atoms with Crippen molar-refractivity contribution in [2.45, 2.75) is 25.4 Å². The van der Waals surface area contributed by atoms with Crippen molar-refractivity contribution in [1.29, 1.82) is 0 Å². The number of aryl methyl sites for hydroxylation is 2. The number of carbonyl (C=O) groups excluding carboxylic acids is 1. The van der Waals surface area contributed by atoms with Crippen LogP contribution in [0.5, 0.6) is 0 Å². The predicted octanol–water partition coefficient (Wildman–Crippen LogP) is 1.89. The zero-order valence-electron chi connectivity index (χ0n) is 18.9. The zero-order valence-corrected chi connectivity index (χ0v) is 18.9. The van der Waals surface area contributed by atoms with Gasteiger partial charge in [-0.3, -0.25) is 14.5 Å². The first-order valence-corrected chi connectivity index (χ1v) is 11.3. The molecule has 1 amide bonds. The van der Waals surface area contributed by atoms with Gasteiger partial charge < -0.3 is 24.3 Å². The number of carbonyl (C=O) groups is 2. The average molecular weight is 454 g/mol. The lowest BCUT2D eigenvalue weighted by molar-refractivity contribution is -0.133.